The minimum Gasteiger partial charge on any atom is -0.0654 e. The van der Waals surface area contributed by atoms with E-state index in [0.29, 0.717) is 0 Å². The maximum Gasteiger partial charge on any atom is 0 e. The predicted molar refractivity (Wildman–Crippen MR) is 102 cm³/mol. The fourth-order valence-corrected chi connectivity index (χ4v) is 2.97. The van der Waals surface area contributed by atoms with E-state index in [-0.39, 0.29) is 13.5 Å². The molecule has 0 spiro atoms. The molecule has 0 saturated carbocycles. The molecule has 21 heavy (non-hydrogen) atoms. The van der Waals surface area contributed by atoms with Crippen molar-refractivity contribution in [1.82, 2.24) is 0 Å². The standard InChI is InChI=1S/C20H42.S/c1-3-5-7-9-11-13-15-17-19-20-18-16-14-12-10-8-6-4-2;/h3-20H2,1-2H3;. The van der Waals surface area contributed by atoms with Gasteiger partial charge in [-0.25, -0.2) is 0 Å². The molecular formula is C20H42S. The summed E-state index contributed by atoms with van der Waals surface area (Å²) in [5.41, 5.74) is 0. The van der Waals surface area contributed by atoms with Crippen LogP contribution >= 0.6 is 13.5 Å². The molecule has 2 radical (unpaired) electrons. The van der Waals surface area contributed by atoms with E-state index in [1.807, 2.05) is 0 Å². The van der Waals surface area contributed by atoms with Crippen molar-refractivity contribution in [2.75, 3.05) is 0 Å². The van der Waals surface area contributed by atoms with E-state index in [1.165, 1.54) is 116 Å². The van der Waals surface area contributed by atoms with Gasteiger partial charge in [0.25, 0.3) is 0 Å². The Morgan fingerprint density at radius 1 is 0.286 bits per heavy atom. The monoisotopic (exact) mass is 314 g/mol. The van der Waals surface area contributed by atoms with Crippen LogP contribution in [0.3, 0.4) is 0 Å². The van der Waals surface area contributed by atoms with Gasteiger partial charge in [0.1, 0.15) is 0 Å². The zero-order valence-electron chi connectivity index (χ0n) is 15.1. The second-order valence-electron chi connectivity index (χ2n) is 6.66. The first kappa shape index (κ1) is 23.6. The second-order valence-corrected chi connectivity index (χ2v) is 6.66. The van der Waals surface area contributed by atoms with Crippen molar-refractivity contribution in [1.29, 1.82) is 0 Å². The molecule has 0 amide bonds. The molecule has 0 aliphatic rings. The molecule has 0 heterocycles. The topological polar surface area (TPSA) is 0 Å². The highest BCUT2D eigenvalue weighted by Gasteiger charge is 1.94. The van der Waals surface area contributed by atoms with Crippen LogP contribution in [0.15, 0.2) is 0 Å². The quantitative estimate of drug-likeness (QED) is 0.235. The van der Waals surface area contributed by atoms with Crippen LogP contribution in [0.1, 0.15) is 129 Å². The lowest BCUT2D eigenvalue weighted by Crippen LogP contribution is -1.83. The molecule has 0 aromatic rings. The summed E-state index contributed by atoms with van der Waals surface area (Å²) in [5.74, 6) is 0. The van der Waals surface area contributed by atoms with Crippen molar-refractivity contribution in [3.05, 3.63) is 0 Å². The fraction of sp³-hybridized carbons (Fsp3) is 1.00. The minimum atomic E-state index is 0. The summed E-state index contributed by atoms with van der Waals surface area (Å²) < 4.78 is 0. The van der Waals surface area contributed by atoms with Gasteiger partial charge >= 0.3 is 0 Å². The number of rotatable bonds is 17. The maximum absolute atomic E-state index is 2.30. The van der Waals surface area contributed by atoms with E-state index in [4.69, 9.17) is 0 Å². The molecular weight excluding hydrogens is 272 g/mol. The number of unbranched alkanes of at least 4 members (excludes halogenated alkanes) is 17. The van der Waals surface area contributed by atoms with Gasteiger partial charge < -0.3 is 0 Å². The first-order valence-corrected chi connectivity index (χ1v) is 9.91. The van der Waals surface area contributed by atoms with E-state index in [0.717, 1.165) is 0 Å². The second kappa shape index (κ2) is 22.6. The largest absolute Gasteiger partial charge is 0.0654 e. The zero-order chi connectivity index (χ0) is 14.7. The summed E-state index contributed by atoms with van der Waals surface area (Å²) in [4.78, 5) is 0. The average Bonchev–Trinajstić information content (AvgIpc) is 2.47. The molecule has 0 unspecified atom stereocenters. The third kappa shape index (κ3) is 22.8. The van der Waals surface area contributed by atoms with Crippen LogP contribution in [0.5, 0.6) is 0 Å². The molecule has 0 rings (SSSR count). The highest BCUT2D eigenvalue weighted by molar-refractivity contribution is 7.59. The smallest absolute Gasteiger partial charge is 0 e. The molecule has 0 N–H and O–H groups in total. The Morgan fingerprint density at radius 3 is 0.571 bits per heavy atom. The summed E-state index contributed by atoms with van der Waals surface area (Å²) in [6.45, 7) is 4.59. The third-order valence-corrected chi connectivity index (χ3v) is 4.46. The van der Waals surface area contributed by atoms with E-state index in [2.05, 4.69) is 13.8 Å². The molecule has 0 aliphatic carbocycles. The SMILES string of the molecule is CCCCCCCCCCCCCCCCCCCC.[S]. The third-order valence-electron chi connectivity index (χ3n) is 4.46. The van der Waals surface area contributed by atoms with E-state index in [9.17, 15) is 0 Å². The van der Waals surface area contributed by atoms with E-state index < -0.39 is 0 Å². The van der Waals surface area contributed by atoms with Crippen molar-refractivity contribution in [3.8, 4) is 0 Å². The summed E-state index contributed by atoms with van der Waals surface area (Å²) in [7, 11) is 0. The number of hydrogen-bond donors (Lipinski definition) is 0. The van der Waals surface area contributed by atoms with Gasteiger partial charge in [-0.15, -0.1) is 0 Å². The fourth-order valence-electron chi connectivity index (χ4n) is 2.97. The molecule has 0 nitrogen and oxygen atoms in total. The Bertz CT molecular complexity index is 138. The summed E-state index contributed by atoms with van der Waals surface area (Å²) in [6.07, 6.45) is 26.4. The Morgan fingerprint density at radius 2 is 0.429 bits per heavy atom. The zero-order valence-corrected chi connectivity index (χ0v) is 16.0. The lowest BCUT2D eigenvalue weighted by molar-refractivity contribution is 0.526. The highest BCUT2D eigenvalue weighted by Crippen LogP contribution is 2.14. The highest BCUT2D eigenvalue weighted by atomic mass is 32.1. The molecule has 0 aromatic heterocycles. The van der Waals surface area contributed by atoms with Gasteiger partial charge in [-0.3, -0.25) is 0 Å². The van der Waals surface area contributed by atoms with Gasteiger partial charge in [0.2, 0.25) is 0 Å². The predicted octanol–water partition coefficient (Wildman–Crippen LogP) is 8.70. The lowest BCUT2D eigenvalue weighted by atomic mass is 10.0. The Kier molecular flexibility index (Phi) is 25.4. The molecule has 128 valence electrons. The average molecular weight is 315 g/mol. The van der Waals surface area contributed by atoms with Crippen molar-refractivity contribution in [2.24, 2.45) is 0 Å². The van der Waals surface area contributed by atoms with Crippen molar-refractivity contribution in [2.45, 2.75) is 129 Å². The van der Waals surface area contributed by atoms with Gasteiger partial charge in [-0.1, -0.05) is 129 Å². The van der Waals surface area contributed by atoms with Crippen LogP contribution in [0, 0.1) is 0 Å². The first-order valence-electron chi connectivity index (χ1n) is 9.91. The molecule has 0 aromatic carbocycles. The van der Waals surface area contributed by atoms with Gasteiger partial charge in [-0.2, -0.15) is 0 Å². The van der Waals surface area contributed by atoms with Crippen molar-refractivity contribution in [3.63, 3.8) is 0 Å². The normalized spacial score (nSPS) is 10.6. The Hall–Kier alpha value is 0.350. The summed E-state index contributed by atoms with van der Waals surface area (Å²) in [6, 6.07) is 0. The molecule has 0 saturated heterocycles. The van der Waals surface area contributed by atoms with Crippen LogP contribution in [0.25, 0.3) is 0 Å². The van der Waals surface area contributed by atoms with Gasteiger partial charge in [0, 0.05) is 13.5 Å². The van der Waals surface area contributed by atoms with Crippen LogP contribution in [0.2, 0.25) is 0 Å². The van der Waals surface area contributed by atoms with Crippen LogP contribution < -0.4 is 0 Å². The molecule has 1 heteroatoms. The van der Waals surface area contributed by atoms with E-state index >= 15 is 0 Å². The van der Waals surface area contributed by atoms with Crippen molar-refractivity contribution < 1.29 is 0 Å². The molecule has 0 aliphatic heterocycles. The minimum absolute atomic E-state index is 0. The van der Waals surface area contributed by atoms with Crippen LogP contribution in [-0.2, 0) is 0 Å². The Balaban J connectivity index is 0. The van der Waals surface area contributed by atoms with E-state index in [1.54, 1.807) is 0 Å². The molecule has 0 fully saturated rings. The van der Waals surface area contributed by atoms with Gasteiger partial charge in [0.05, 0.1) is 0 Å². The Labute approximate surface area is 143 Å². The maximum atomic E-state index is 2.30. The molecule has 0 atom stereocenters. The van der Waals surface area contributed by atoms with Crippen LogP contribution in [-0.4, -0.2) is 0 Å². The van der Waals surface area contributed by atoms with Gasteiger partial charge in [0.15, 0.2) is 0 Å². The molecule has 0 bridgehead atoms. The summed E-state index contributed by atoms with van der Waals surface area (Å²) >= 11 is 0. The van der Waals surface area contributed by atoms with Gasteiger partial charge in [-0.05, 0) is 0 Å². The summed E-state index contributed by atoms with van der Waals surface area (Å²) in [5, 5.41) is 0. The number of hydrogen-bond acceptors (Lipinski definition) is 0. The van der Waals surface area contributed by atoms with Crippen LogP contribution in [0.4, 0.5) is 0 Å². The van der Waals surface area contributed by atoms with Crippen molar-refractivity contribution >= 4 is 13.5 Å². The first-order chi connectivity index (χ1) is 9.91. The lowest BCUT2D eigenvalue weighted by Gasteiger charge is -2.03.